The average molecular weight is 430 g/mol. The Labute approximate surface area is 176 Å². The number of nitrogens with zero attached hydrogens (tertiary/aromatic N) is 2. The highest BCUT2D eigenvalue weighted by Gasteiger charge is 2.29. The summed E-state index contributed by atoms with van der Waals surface area (Å²) in [5.41, 5.74) is 2.11. The van der Waals surface area contributed by atoms with E-state index in [4.69, 9.17) is 28.2 Å². The molecule has 140 valence electrons. The van der Waals surface area contributed by atoms with Crippen LogP contribution in [0.15, 0.2) is 53.5 Å². The summed E-state index contributed by atoms with van der Waals surface area (Å²) < 4.78 is 0. The highest BCUT2D eigenvalue weighted by molar-refractivity contribution is 8.14. The van der Waals surface area contributed by atoms with Gasteiger partial charge in [0, 0.05) is 18.3 Å². The summed E-state index contributed by atoms with van der Waals surface area (Å²) in [4.78, 5) is 7.21. The van der Waals surface area contributed by atoms with Gasteiger partial charge in [0.1, 0.15) is 0 Å². The Bertz CT molecular complexity index is 750. The largest absolute Gasteiger partial charge is 0.350 e. The van der Waals surface area contributed by atoms with Gasteiger partial charge in [-0.3, -0.25) is 0 Å². The molecule has 1 fully saturated rings. The number of amidine groups is 1. The lowest BCUT2D eigenvalue weighted by molar-refractivity contribution is 0.379. The van der Waals surface area contributed by atoms with E-state index in [1.807, 2.05) is 23.9 Å². The van der Waals surface area contributed by atoms with Crippen molar-refractivity contribution in [3.05, 3.63) is 64.1 Å². The molecule has 2 aromatic rings. The summed E-state index contributed by atoms with van der Waals surface area (Å²) in [6.07, 6.45) is 1.04. The van der Waals surface area contributed by atoms with Crippen LogP contribution in [-0.2, 0) is 6.42 Å². The molecule has 2 nitrogen and oxygen atoms in total. The van der Waals surface area contributed by atoms with Gasteiger partial charge in [0.25, 0.3) is 0 Å². The molecule has 0 N–H and O–H groups in total. The molecule has 6 heteroatoms. The van der Waals surface area contributed by atoms with Crippen molar-refractivity contribution in [3.8, 4) is 0 Å². The Balaban J connectivity index is 0.00000243. The van der Waals surface area contributed by atoms with Crippen molar-refractivity contribution >= 4 is 58.2 Å². The van der Waals surface area contributed by atoms with Crippen LogP contribution in [0.2, 0.25) is 10.0 Å². The Morgan fingerprint density at radius 3 is 2.54 bits per heavy atom. The van der Waals surface area contributed by atoms with Gasteiger partial charge in [0.2, 0.25) is 0 Å². The second-order valence-electron chi connectivity index (χ2n) is 6.70. The Morgan fingerprint density at radius 2 is 1.85 bits per heavy atom. The maximum absolute atomic E-state index is 6.32. The van der Waals surface area contributed by atoms with Gasteiger partial charge < -0.3 is 4.90 Å². The van der Waals surface area contributed by atoms with Crippen LogP contribution in [-0.4, -0.2) is 28.4 Å². The smallest absolute Gasteiger partial charge is 0.164 e. The molecule has 1 saturated heterocycles. The summed E-state index contributed by atoms with van der Waals surface area (Å²) in [6, 6.07) is 16.2. The first-order valence-corrected chi connectivity index (χ1v) is 10.1. The predicted molar refractivity (Wildman–Crippen MR) is 119 cm³/mol. The molecule has 0 bridgehead atoms. The van der Waals surface area contributed by atoms with Gasteiger partial charge in [-0.25, -0.2) is 4.99 Å². The molecule has 3 rings (SSSR count). The van der Waals surface area contributed by atoms with Gasteiger partial charge in [-0.05, 0) is 30.0 Å². The standard InChI is InChI=1S/C20H22Cl2N2S.ClH/c1-14(2)12-24-13-16(11-15-7-4-3-5-8-15)25-20(24)23-18-10-6-9-17(21)19(18)22;/h3-10,14,16H,11-13H2,1-2H3;1H. The number of thioether (sulfide) groups is 1. The molecular weight excluding hydrogens is 407 g/mol. The SMILES string of the molecule is CC(C)CN1CC(Cc2ccccc2)SC1=Nc1cccc(Cl)c1Cl.Cl. The second kappa shape index (κ2) is 9.89. The fourth-order valence-corrected chi connectivity index (χ4v) is 4.56. The molecule has 1 heterocycles. The van der Waals surface area contributed by atoms with E-state index in [1.54, 1.807) is 6.07 Å². The first-order chi connectivity index (χ1) is 12.0. The summed E-state index contributed by atoms with van der Waals surface area (Å²) in [7, 11) is 0. The van der Waals surface area contributed by atoms with E-state index < -0.39 is 0 Å². The molecular formula is C20H23Cl3N2S. The molecule has 1 atom stereocenters. The van der Waals surface area contributed by atoms with Gasteiger partial charge in [-0.1, -0.05) is 85.2 Å². The average Bonchev–Trinajstić information content (AvgIpc) is 2.93. The van der Waals surface area contributed by atoms with Crippen LogP contribution in [0.3, 0.4) is 0 Å². The van der Waals surface area contributed by atoms with Crippen LogP contribution in [0.5, 0.6) is 0 Å². The normalized spacial score (nSPS) is 18.4. The minimum atomic E-state index is 0. The zero-order valence-corrected chi connectivity index (χ0v) is 18.0. The molecule has 2 aromatic carbocycles. The molecule has 26 heavy (non-hydrogen) atoms. The van der Waals surface area contributed by atoms with E-state index >= 15 is 0 Å². The first-order valence-electron chi connectivity index (χ1n) is 8.51. The number of halogens is 3. The third kappa shape index (κ3) is 5.56. The second-order valence-corrected chi connectivity index (χ2v) is 8.75. The number of benzene rings is 2. The monoisotopic (exact) mass is 428 g/mol. The third-order valence-corrected chi connectivity index (χ3v) is 6.02. The topological polar surface area (TPSA) is 15.6 Å². The first kappa shape index (κ1) is 21.4. The maximum atomic E-state index is 6.32. The Hall–Kier alpha value is -0.870. The number of aliphatic imine (C=N–C) groups is 1. The lowest BCUT2D eigenvalue weighted by atomic mass is 10.1. The van der Waals surface area contributed by atoms with Gasteiger partial charge in [0.05, 0.1) is 15.7 Å². The fraction of sp³-hybridized carbons (Fsp3) is 0.350. The van der Waals surface area contributed by atoms with Crippen molar-refractivity contribution < 1.29 is 0 Å². The highest BCUT2D eigenvalue weighted by Crippen LogP contribution is 2.36. The molecule has 0 aliphatic carbocycles. The molecule has 0 spiro atoms. The molecule has 0 aromatic heterocycles. The number of rotatable bonds is 5. The molecule has 1 unspecified atom stereocenters. The highest BCUT2D eigenvalue weighted by atomic mass is 35.5. The summed E-state index contributed by atoms with van der Waals surface area (Å²) in [5.74, 6) is 0.580. The quantitative estimate of drug-likeness (QED) is 0.524. The summed E-state index contributed by atoms with van der Waals surface area (Å²) in [5, 5.41) is 2.60. The minimum Gasteiger partial charge on any atom is -0.350 e. The molecule has 1 aliphatic heterocycles. The van der Waals surface area contributed by atoms with Crippen LogP contribution in [0.4, 0.5) is 5.69 Å². The van der Waals surface area contributed by atoms with Crippen LogP contribution in [0, 0.1) is 5.92 Å². The van der Waals surface area contributed by atoms with E-state index in [2.05, 4.69) is 49.1 Å². The number of hydrogen-bond acceptors (Lipinski definition) is 2. The van der Waals surface area contributed by atoms with Gasteiger partial charge >= 0.3 is 0 Å². The van der Waals surface area contributed by atoms with Gasteiger partial charge in [-0.15, -0.1) is 12.4 Å². The molecule has 1 aliphatic rings. The van der Waals surface area contributed by atoms with Crippen molar-refractivity contribution in [1.82, 2.24) is 4.90 Å². The Morgan fingerprint density at radius 1 is 1.12 bits per heavy atom. The van der Waals surface area contributed by atoms with E-state index in [0.717, 1.165) is 30.4 Å². The third-order valence-electron chi connectivity index (χ3n) is 4.01. The van der Waals surface area contributed by atoms with E-state index in [9.17, 15) is 0 Å². The predicted octanol–water partition coefficient (Wildman–Crippen LogP) is 6.72. The van der Waals surface area contributed by atoms with E-state index in [0.29, 0.717) is 21.2 Å². The zero-order chi connectivity index (χ0) is 17.8. The fourth-order valence-electron chi connectivity index (χ4n) is 2.94. The van der Waals surface area contributed by atoms with Crippen LogP contribution >= 0.6 is 47.4 Å². The van der Waals surface area contributed by atoms with Crippen LogP contribution in [0.1, 0.15) is 19.4 Å². The summed E-state index contributed by atoms with van der Waals surface area (Å²) >= 11 is 14.3. The number of hydrogen-bond donors (Lipinski definition) is 0. The van der Waals surface area contributed by atoms with Gasteiger partial charge in [-0.2, -0.15) is 0 Å². The van der Waals surface area contributed by atoms with Crippen molar-refractivity contribution in [3.63, 3.8) is 0 Å². The maximum Gasteiger partial charge on any atom is 0.164 e. The van der Waals surface area contributed by atoms with Crippen molar-refractivity contribution in [2.45, 2.75) is 25.5 Å². The van der Waals surface area contributed by atoms with Crippen LogP contribution in [0.25, 0.3) is 0 Å². The van der Waals surface area contributed by atoms with Crippen molar-refractivity contribution in [2.75, 3.05) is 13.1 Å². The van der Waals surface area contributed by atoms with Gasteiger partial charge in [0.15, 0.2) is 5.17 Å². The lowest BCUT2D eigenvalue weighted by Crippen LogP contribution is -2.30. The van der Waals surface area contributed by atoms with Crippen molar-refractivity contribution in [1.29, 1.82) is 0 Å². The van der Waals surface area contributed by atoms with Crippen LogP contribution < -0.4 is 0 Å². The summed E-state index contributed by atoms with van der Waals surface area (Å²) in [6.45, 7) is 6.47. The van der Waals surface area contributed by atoms with E-state index in [1.165, 1.54) is 5.56 Å². The van der Waals surface area contributed by atoms with Crippen molar-refractivity contribution in [2.24, 2.45) is 10.9 Å². The minimum absolute atomic E-state index is 0. The molecule has 0 saturated carbocycles. The Kier molecular flexibility index (Phi) is 8.15. The lowest BCUT2D eigenvalue weighted by Gasteiger charge is -2.20. The zero-order valence-electron chi connectivity index (χ0n) is 14.9. The molecule has 0 amide bonds. The molecule has 0 radical (unpaired) electrons. The van der Waals surface area contributed by atoms with E-state index in [-0.39, 0.29) is 12.4 Å².